The molecule has 3 aromatic rings. The first kappa shape index (κ1) is 16.1. The maximum atomic E-state index is 12.2. The molecule has 0 saturated carbocycles. The molecule has 0 fully saturated rings. The van der Waals surface area contributed by atoms with Crippen LogP contribution in [0.15, 0.2) is 33.5 Å². The Kier molecular flexibility index (Phi) is 4.82. The van der Waals surface area contributed by atoms with Crippen molar-refractivity contribution in [1.29, 1.82) is 0 Å². The van der Waals surface area contributed by atoms with Crippen LogP contribution >= 0.6 is 0 Å². The number of aromatic amines is 1. The minimum absolute atomic E-state index is 0.180. The predicted molar refractivity (Wildman–Crippen MR) is 83.6 cm³/mol. The van der Waals surface area contributed by atoms with E-state index in [4.69, 9.17) is 18.6 Å². The fraction of sp³-hybridized carbons (Fsp3) is 0.333. The van der Waals surface area contributed by atoms with Gasteiger partial charge in [-0.2, -0.15) is 5.21 Å². The molecule has 0 aliphatic carbocycles. The van der Waals surface area contributed by atoms with E-state index < -0.39 is 5.63 Å². The molecular formula is C15H16N4O5. The molecule has 1 unspecified atom stereocenters. The molecule has 126 valence electrons. The zero-order valence-corrected chi connectivity index (χ0v) is 13.2. The van der Waals surface area contributed by atoms with Crippen molar-refractivity contribution < 1.29 is 18.6 Å². The number of fused-ring (bicyclic) bond motifs is 1. The molecule has 3 rings (SSSR count). The van der Waals surface area contributed by atoms with Gasteiger partial charge >= 0.3 is 5.63 Å². The van der Waals surface area contributed by atoms with E-state index in [0.717, 1.165) is 0 Å². The summed E-state index contributed by atoms with van der Waals surface area (Å²) in [4.78, 5) is 12.2. The van der Waals surface area contributed by atoms with Crippen LogP contribution in [0.3, 0.4) is 0 Å². The van der Waals surface area contributed by atoms with E-state index >= 15 is 0 Å². The van der Waals surface area contributed by atoms with Crippen LogP contribution in [0, 0.1) is 0 Å². The first-order valence-corrected chi connectivity index (χ1v) is 7.27. The Hall–Kier alpha value is -2.78. The molecular weight excluding hydrogens is 316 g/mol. The number of nitrogens with one attached hydrogen (secondary N) is 1. The standard InChI is InChI=1S/C15H16N4O5/c1-9(21-2)22-6-7-23-12-5-3-4-10-8-11(14-16-18-19-17-14)15(20)24-13(10)12/h3-5,8-9H,6-7H2,1-2H3,(H,16,17,18,19). The van der Waals surface area contributed by atoms with Crippen molar-refractivity contribution in [2.24, 2.45) is 0 Å². The average Bonchev–Trinajstić information content (AvgIpc) is 3.12. The van der Waals surface area contributed by atoms with E-state index in [9.17, 15) is 4.79 Å². The Morgan fingerprint density at radius 2 is 2.21 bits per heavy atom. The number of hydrogen-bond acceptors (Lipinski definition) is 8. The molecule has 1 atom stereocenters. The first-order chi connectivity index (χ1) is 11.7. The zero-order valence-electron chi connectivity index (χ0n) is 13.2. The summed E-state index contributed by atoms with van der Waals surface area (Å²) >= 11 is 0. The van der Waals surface area contributed by atoms with Crippen LogP contribution in [0.2, 0.25) is 0 Å². The lowest BCUT2D eigenvalue weighted by Crippen LogP contribution is -2.15. The molecule has 0 radical (unpaired) electrons. The first-order valence-electron chi connectivity index (χ1n) is 7.27. The number of para-hydroxylation sites is 1. The summed E-state index contributed by atoms with van der Waals surface area (Å²) in [5.74, 6) is 0.636. The third kappa shape index (κ3) is 3.42. The SMILES string of the molecule is COC(C)OCCOc1cccc2cc(-c3nn[nH]n3)c(=O)oc12. The Balaban J connectivity index is 1.83. The van der Waals surface area contributed by atoms with Gasteiger partial charge in [0.1, 0.15) is 12.2 Å². The Morgan fingerprint density at radius 3 is 2.96 bits per heavy atom. The molecule has 0 saturated heterocycles. The molecule has 0 amide bonds. The Bertz CT molecular complexity index is 862. The minimum atomic E-state index is -0.566. The van der Waals surface area contributed by atoms with E-state index in [-0.39, 0.29) is 17.7 Å². The predicted octanol–water partition coefficient (Wildman–Crippen LogP) is 1.36. The molecule has 1 aromatic carbocycles. The van der Waals surface area contributed by atoms with Gasteiger partial charge in [0.05, 0.1) is 6.61 Å². The molecule has 2 aromatic heterocycles. The van der Waals surface area contributed by atoms with Gasteiger partial charge in [-0.3, -0.25) is 0 Å². The summed E-state index contributed by atoms with van der Waals surface area (Å²) in [6, 6.07) is 6.97. The van der Waals surface area contributed by atoms with Gasteiger partial charge in [-0.05, 0) is 24.3 Å². The number of benzene rings is 1. The van der Waals surface area contributed by atoms with Crippen LogP contribution in [-0.2, 0) is 9.47 Å². The second-order valence-electron chi connectivity index (χ2n) is 4.88. The van der Waals surface area contributed by atoms with Gasteiger partial charge in [-0.25, -0.2) is 4.79 Å². The van der Waals surface area contributed by atoms with Crippen LogP contribution in [0.4, 0.5) is 0 Å². The number of tetrazole rings is 1. The molecule has 24 heavy (non-hydrogen) atoms. The van der Waals surface area contributed by atoms with Crippen molar-refractivity contribution in [2.75, 3.05) is 20.3 Å². The zero-order chi connectivity index (χ0) is 16.9. The highest BCUT2D eigenvalue weighted by atomic mass is 16.7. The molecule has 0 aliphatic rings. The van der Waals surface area contributed by atoms with Crippen molar-refractivity contribution in [3.05, 3.63) is 34.7 Å². The quantitative estimate of drug-likeness (QED) is 0.392. The summed E-state index contributed by atoms with van der Waals surface area (Å²) in [5.41, 5.74) is 0.0180. The number of H-pyrrole nitrogens is 1. The normalized spacial score (nSPS) is 12.4. The molecule has 1 N–H and O–H groups in total. The fourth-order valence-corrected chi connectivity index (χ4v) is 2.10. The third-order valence-electron chi connectivity index (χ3n) is 3.34. The smallest absolute Gasteiger partial charge is 0.347 e. The molecule has 9 nitrogen and oxygen atoms in total. The summed E-state index contributed by atoms with van der Waals surface area (Å²) in [6.45, 7) is 2.43. The van der Waals surface area contributed by atoms with Gasteiger partial charge in [-0.15, -0.1) is 10.2 Å². The minimum Gasteiger partial charge on any atom is -0.487 e. The summed E-state index contributed by atoms with van der Waals surface area (Å²) in [7, 11) is 1.56. The van der Waals surface area contributed by atoms with Crippen molar-refractivity contribution in [2.45, 2.75) is 13.2 Å². The van der Waals surface area contributed by atoms with Gasteiger partial charge in [0, 0.05) is 12.5 Å². The number of aromatic nitrogens is 4. The summed E-state index contributed by atoms with van der Waals surface area (Å²) < 4.78 is 21.3. The highest BCUT2D eigenvalue weighted by Gasteiger charge is 2.14. The number of hydrogen-bond donors (Lipinski definition) is 1. The molecule has 9 heteroatoms. The maximum Gasteiger partial charge on any atom is 0.347 e. The van der Waals surface area contributed by atoms with Gasteiger partial charge in [0.2, 0.25) is 5.82 Å². The summed E-state index contributed by atoms with van der Waals surface area (Å²) in [6.07, 6.45) is -0.309. The van der Waals surface area contributed by atoms with Crippen LogP contribution < -0.4 is 10.4 Å². The number of nitrogens with zero attached hydrogens (tertiary/aromatic N) is 3. The molecule has 0 aliphatic heterocycles. The second-order valence-corrected chi connectivity index (χ2v) is 4.88. The van der Waals surface area contributed by atoms with Crippen molar-refractivity contribution in [3.63, 3.8) is 0 Å². The maximum absolute atomic E-state index is 12.2. The van der Waals surface area contributed by atoms with Gasteiger partial charge < -0.3 is 18.6 Å². The molecule has 0 bridgehead atoms. The molecule has 0 spiro atoms. The number of methoxy groups -OCH3 is 1. The topological polar surface area (TPSA) is 112 Å². The lowest BCUT2D eigenvalue weighted by molar-refractivity contribution is -0.115. The van der Waals surface area contributed by atoms with E-state index in [1.807, 2.05) is 0 Å². The van der Waals surface area contributed by atoms with Crippen LogP contribution in [0.25, 0.3) is 22.4 Å². The van der Waals surface area contributed by atoms with Gasteiger partial charge in [0.25, 0.3) is 0 Å². The third-order valence-corrected chi connectivity index (χ3v) is 3.34. The monoisotopic (exact) mass is 332 g/mol. The van der Waals surface area contributed by atoms with Gasteiger partial charge in [-0.1, -0.05) is 12.1 Å². The van der Waals surface area contributed by atoms with E-state index in [2.05, 4.69) is 20.6 Å². The van der Waals surface area contributed by atoms with E-state index in [0.29, 0.717) is 29.9 Å². The van der Waals surface area contributed by atoms with Crippen LogP contribution in [0.5, 0.6) is 5.75 Å². The second kappa shape index (κ2) is 7.20. The number of ether oxygens (including phenoxy) is 3. The Morgan fingerprint density at radius 1 is 1.33 bits per heavy atom. The largest absolute Gasteiger partial charge is 0.487 e. The van der Waals surface area contributed by atoms with Gasteiger partial charge in [0.15, 0.2) is 17.6 Å². The fourth-order valence-electron chi connectivity index (χ4n) is 2.10. The highest BCUT2D eigenvalue weighted by molar-refractivity contribution is 5.85. The average molecular weight is 332 g/mol. The molecule has 2 heterocycles. The summed E-state index contributed by atoms with van der Waals surface area (Å²) in [5, 5.41) is 14.0. The lowest BCUT2D eigenvalue weighted by atomic mass is 10.1. The highest BCUT2D eigenvalue weighted by Crippen LogP contribution is 2.26. The van der Waals surface area contributed by atoms with Crippen LogP contribution in [-0.4, -0.2) is 47.2 Å². The van der Waals surface area contributed by atoms with Crippen LogP contribution in [0.1, 0.15) is 6.92 Å². The Labute approximate surface area is 136 Å². The number of rotatable bonds is 7. The van der Waals surface area contributed by atoms with Crippen molar-refractivity contribution in [3.8, 4) is 17.1 Å². The lowest BCUT2D eigenvalue weighted by Gasteiger charge is -2.12. The van der Waals surface area contributed by atoms with Crippen molar-refractivity contribution in [1.82, 2.24) is 20.6 Å². The van der Waals surface area contributed by atoms with E-state index in [1.54, 1.807) is 38.3 Å². The van der Waals surface area contributed by atoms with Crippen molar-refractivity contribution >= 4 is 11.0 Å². The van der Waals surface area contributed by atoms with E-state index in [1.165, 1.54) is 0 Å².